The molecule has 0 radical (unpaired) electrons. The second kappa shape index (κ2) is 4.48. The summed E-state index contributed by atoms with van der Waals surface area (Å²) in [5.41, 5.74) is 7.35. The lowest BCUT2D eigenvalue weighted by Crippen LogP contribution is -2.19. The van der Waals surface area contributed by atoms with Gasteiger partial charge in [-0.05, 0) is 49.9 Å². The van der Waals surface area contributed by atoms with E-state index in [0.29, 0.717) is 6.54 Å². The van der Waals surface area contributed by atoms with Gasteiger partial charge in [0.05, 0.1) is 11.8 Å². The number of aliphatic hydroxyl groups excluding tert-OH is 1. The molecular formula is C19H23NO. The molecule has 1 atom stereocenters. The minimum atomic E-state index is -0.310. The molecular weight excluding hydrogens is 258 g/mol. The Hall–Kier alpha value is -1.54. The molecule has 0 amide bonds. The highest BCUT2D eigenvalue weighted by Crippen LogP contribution is 2.57. The molecule has 2 nitrogen and oxygen atoms in total. The Morgan fingerprint density at radius 3 is 2.67 bits per heavy atom. The highest BCUT2D eigenvalue weighted by molar-refractivity contribution is 5.80. The van der Waals surface area contributed by atoms with Crippen LogP contribution >= 0.6 is 0 Å². The fourth-order valence-electron chi connectivity index (χ4n) is 4.53. The van der Waals surface area contributed by atoms with E-state index in [0.717, 1.165) is 0 Å². The van der Waals surface area contributed by atoms with E-state index in [1.54, 1.807) is 0 Å². The molecule has 2 heteroatoms. The largest absolute Gasteiger partial charge is 0.392 e. The van der Waals surface area contributed by atoms with Crippen LogP contribution in [0.25, 0.3) is 11.3 Å². The van der Waals surface area contributed by atoms with Crippen molar-refractivity contribution in [2.24, 2.45) is 0 Å². The van der Waals surface area contributed by atoms with Crippen LogP contribution in [0.1, 0.15) is 49.3 Å². The van der Waals surface area contributed by atoms with Crippen molar-refractivity contribution in [3.63, 3.8) is 0 Å². The standard InChI is InChI=1S/C19H23NO/c1-13-5-6-16-15(11-13)18-17(19(16)8-3-4-9-19)7-10-20(18)12-14(2)21/h5-7,10-11,14,21H,3-4,8-9,12H2,1-2H3. The van der Waals surface area contributed by atoms with Crippen LogP contribution in [0, 0.1) is 6.92 Å². The first-order valence-corrected chi connectivity index (χ1v) is 8.11. The summed E-state index contributed by atoms with van der Waals surface area (Å²) in [7, 11) is 0. The molecule has 1 unspecified atom stereocenters. The molecule has 1 saturated carbocycles. The molecule has 2 aliphatic carbocycles. The molecule has 21 heavy (non-hydrogen) atoms. The van der Waals surface area contributed by atoms with Crippen LogP contribution in [0.2, 0.25) is 0 Å². The number of nitrogens with zero attached hydrogens (tertiary/aromatic N) is 1. The van der Waals surface area contributed by atoms with E-state index in [2.05, 4.69) is 42.0 Å². The van der Waals surface area contributed by atoms with Crippen LogP contribution in [0.4, 0.5) is 0 Å². The zero-order valence-electron chi connectivity index (χ0n) is 12.9. The number of hydrogen-bond acceptors (Lipinski definition) is 1. The van der Waals surface area contributed by atoms with Gasteiger partial charge in [-0.3, -0.25) is 0 Å². The SMILES string of the molecule is Cc1ccc2c(c1)-c1c(ccn1CC(C)O)C21CCCC1. The van der Waals surface area contributed by atoms with Crippen molar-refractivity contribution in [2.45, 2.75) is 57.6 Å². The minimum Gasteiger partial charge on any atom is -0.392 e. The molecule has 1 N–H and O–H groups in total. The maximum Gasteiger partial charge on any atom is 0.0691 e. The lowest BCUT2D eigenvalue weighted by Gasteiger charge is -2.25. The van der Waals surface area contributed by atoms with Gasteiger partial charge in [-0.1, -0.05) is 30.5 Å². The normalized spacial score (nSPS) is 19.8. The van der Waals surface area contributed by atoms with E-state index >= 15 is 0 Å². The van der Waals surface area contributed by atoms with Crippen LogP contribution in [0.3, 0.4) is 0 Å². The third-order valence-corrected chi connectivity index (χ3v) is 5.34. The van der Waals surface area contributed by atoms with Gasteiger partial charge in [0.15, 0.2) is 0 Å². The lowest BCUT2D eigenvalue weighted by molar-refractivity contribution is 0.174. The second-order valence-corrected chi connectivity index (χ2v) is 6.92. The fraction of sp³-hybridized carbons (Fsp3) is 0.474. The van der Waals surface area contributed by atoms with E-state index < -0.39 is 0 Å². The van der Waals surface area contributed by atoms with Gasteiger partial charge in [-0.25, -0.2) is 0 Å². The Balaban J connectivity index is 1.96. The van der Waals surface area contributed by atoms with Gasteiger partial charge >= 0.3 is 0 Å². The maximum atomic E-state index is 9.79. The molecule has 4 rings (SSSR count). The van der Waals surface area contributed by atoms with Gasteiger partial charge in [0.2, 0.25) is 0 Å². The summed E-state index contributed by atoms with van der Waals surface area (Å²) in [6.45, 7) is 4.71. The van der Waals surface area contributed by atoms with Crippen molar-refractivity contribution in [1.82, 2.24) is 4.57 Å². The number of aromatic nitrogens is 1. The first-order valence-electron chi connectivity index (χ1n) is 8.11. The predicted molar refractivity (Wildman–Crippen MR) is 85.5 cm³/mol. The first-order chi connectivity index (χ1) is 10.1. The van der Waals surface area contributed by atoms with Crippen molar-refractivity contribution in [2.75, 3.05) is 0 Å². The molecule has 2 aliphatic rings. The summed E-state index contributed by atoms with van der Waals surface area (Å²) in [5, 5.41) is 9.79. The first kappa shape index (κ1) is 13.1. The molecule has 1 spiro atoms. The average Bonchev–Trinajstić information content (AvgIpc) is 3.10. The summed E-state index contributed by atoms with van der Waals surface area (Å²) < 4.78 is 2.26. The number of aliphatic hydroxyl groups is 1. The number of fused-ring (bicyclic) bond motifs is 5. The van der Waals surface area contributed by atoms with E-state index in [-0.39, 0.29) is 11.5 Å². The summed E-state index contributed by atoms with van der Waals surface area (Å²) in [4.78, 5) is 0. The third-order valence-electron chi connectivity index (χ3n) is 5.34. The summed E-state index contributed by atoms with van der Waals surface area (Å²) in [6, 6.07) is 9.24. The molecule has 1 aromatic carbocycles. The maximum absolute atomic E-state index is 9.79. The topological polar surface area (TPSA) is 25.2 Å². The highest BCUT2D eigenvalue weighted by atomic mass is 16.3. The number of hydrogen-bond donors (Lipinski definition) is 1. The summed E-state index contributed by atoms with van der Waals surface area (Å²) in [6.07, 6.45) is 7.06. The predicted octanol–water partition coefficient (Wildman–Crippen LogP) is 4.02. The minimum absolute atomic E-state index is 0.252. The van der Waals surface area contributed by atoms with Crippen molar-refractivity contribution in [3.05, 3.63) is 47.2 Å². The molecule has 1 fully saturated rings. The third kappa shape index (κ3) is 1.75. The molecule has 110 valence electrons. The van der Waals surface area contributed by atoms with Gasteiger partial charge in [0.1, 0.15) is 0 Å². The van der Waals surface area contributed by atoms with Crippen LogP contribution in [0.5, 0.6) is 0 Å². The smallest absolute Gasteiger partial charge is 0.0691 e. The van der Waals surface area contributed by atoms with Crippen molar-refractivity contribution in [3.8, 4) is 11.3 Å². The number of aryl methyl sites for hydroxylation is 1. The Labute approximate surface area is 126 Å². The second-order valence-electron chi connectivity index (χ2n) is 6.92. The highest BCUT2D eigenvalue weighted by Gasteiger charge is 2.46. The molecule has 0 aliphatic heterocycles. The van der Waals surface area contributed by atoms with Crippen LogP contribution in [-0.2, 0) is 12.0 Å². The van der Waals surface area contributed by atoms with E-state index in [1.165, 1.54) is 53.6 Å². The van der Waals surface area contributed by atoms with E-state index in [1.807, 2.05) is 6.92 Å². The monoisotopic (exact) mass is 281 g/mol. The average molecular weight is 281 g/mol. The van der Waals surface area contributed by atoms with Gasteiger partial charge in [0, 0.05) is 23.7 Å². The zero-order valence-corrected chi connectivity index (χ0v) is 12.9. The Kier molecular flexibility index (Phi) is 2.80. The Morgan fingerprint density at radius 1 is 1.19 bits per heavy atom. The van der Waals surface area contributed by atoms with Crippen molar-refractivity contribution < 1.29 is 5.11 Å². The van der Waals surface area contributed by atoms with Crippen LogP contribution in [0.15, 0.2) is 30.5 Å². The van der Waals surface area contributed by atoms with Crippen molar-refractivity contribution in [1.29, 1.82) is 0 Å². The van der Waals surface area contributed by atoms with Crippen LogP contribution in [-0.4, -0.2) is 15.8 Å². The Morgan fingerprint density at radius 2 is 1.95 bits per heavy atom. The molecule has 0 bridgehead atoms. The summed E-state index contributed by atoms with van der Waals surface area (Å²) >= 11 is 0. The van der Waals surface area contributed by atoms with Gasteiger partial charge in [0.25, 0.3) is 0 Å². The zero-order chi connectivity index (χ0) is 14.6. The molecule has 2 aromatic rings. The molecule has 1 heterocycles. The molecule has 1 aromatic heterocycles. The fourth-order valence-corrected chi connectivity index (χ4v) is 4.53. The van der Waals surface area contributed by atoms with E-state index in [4.69, 9.17) is 0 Å². The quantitative estimate of drug-likeness (QED) is 0.883. The Bertz CT molecular complexity index is 690. The number of benzene rings is 1. The lowest BCUT2D eigenvalue weighted by atomic mass is 9.77. The van der Waals surface area contributed by atoms with Gasteiger partial charge in [-0.15, -0.1) is 0 Å². The van der Waals surface area contributed by atoms with E-state index in [9.17, 15) is 5.11 Å². The van der Waals surface area contributed by atoms with Gasteiger partial charge < -0.3 is 9.67 Å². The van der Waals surface area contributed by atoms with Crippen molar-refractivity contribution >= 4 is 0 Å². The van der Waals surface area contributed by atoms with Crippen LogP contribution < -0.4 is 0 Å². The number of rotatable bonds is 2. The summed E-state index contributed by atoms with van der Waals surface area (Å²) in [5.74, 6) is 0. The molecule has 0 saturated heterocycles. The van der Waals surface area contributed by atoms with Gasteiger partial charge in [-0.2, -0.15) is 0 Å².